The molecule has 2 fully saturated rings. The first-order valence-corrected chi connectivity index (χ1v) is 14.5. The van der Waals surface area contributed by atoms with E-state index in [1.165, 1.54) is 34.9 Å². The van der Waals surface area contributed by atoms with Gasteiger partial charge >= 0.3 is 0 Å². The summed E-state index contributed by atoms with van der Waals surface area (Å²) in [5.74, 6) is 0.335. The third-order valence-corrected chi connectivity index (χ3v) is 10.1. The number of amides is 1. The van der Waals surface area contributed by atoms with Gasteiger partial charge in [-0.2, -0.15) is 4.31 Å². The summed E-state index contributed by atoms with van der Waals surface area (Å²) in [5, 5.41) is 0.594. The predicted molar refractivity (Wildman–Crippen MR) is 140 cm³/mol. The smallest absolute Gasteiger partial charge is 0.247 e. The minimum Gasteiger partial charge on any atom is -0.497 e. The molecular formula is C26H31N3O5S2. The van der Waals surface area contributed by atoms with Crippen LogP contribution in [0.2, 0.25) is 0 Å². The molecule has 0 spiro atoms. The van der Waals surface area contributed by atoms with Gasteiger partial charge in [-0.1, -0.05) is 23.5 Å². The fraction of sp³-hybridized carbons (Fsp3) is 0.462. The second-order valence-corrected chi connectivity index (χ2v) is 12.3. The number of ether oxygens (including phenoxy) is 2. The molecule has 1 aromatic heterocycles. The molecule has 192 valence electrons. The second-order valence-electron chi connectivity index (χ2n) is 9.41. The molecule has 2 aliphatic rings. The minimum atomic E-state index is -3.86. The number of carbonyl (C=O) groups excluding carboxylic acids is 1. The van der Waals surface area contributed by atoms with E-state index in [1.807, 2.05) is 19.9 Å². The molecule has 0 N–H and O–H groups in total. The molecule has 2 aromatic carbocycles. The molecule has 3 heterocycles. The van der Waals surface area contributed by atoms with Crippen LogP contribution in [0.3, 0.4) is 0 Å². The Balaban J connectivity index is 1.50. The first kappa shape index (κ1) is 25.1. The van der Waals surface area contributed by atoms with Gasteiger partial charge in [0.1, 0.15) is 11.8 Å². The summed E-state index contributed by atoms with van der Waals surface area (Å²) in [6.07, 6.45) is 2.82. The van der Waals surface area contributed by atoms with E-state index in [0.29, 0.717) is 43.4 Å². The summed E-state index contributed by atoms with van der Waals surface area (Å²) in [5.41, 5.74) is 3.04. The topological polar surface area (TPSA) is 89.0 Å². The highest BCUT2D eigenvalue weighted by atomic mass is 32.2. The molecular weight excluding hydrogens is 498 g/mol. The van der Waals surface area contributed by atoms with E-state index in [2.05, 4.69) is 6.07 Å². The average molecular weight is 530 g/mol. The number of rotatable bonds is 7. The van der Waals surface area contributed by atoms with Gasteiger partial charge in [0.2, 0.25) is 15.9 Å². The number of aromatic nitrogens is 1. The number of sulfonamides is 1. The molecule has 0 aliphatic carbocycles. The van der Waals surface area contributed by atoms with Crippen LogP contribution in [0.5, 0.6) is 5.75 Å². The highest BCUT2D eigenvalue weighted by Gasteiger charge is 2.42. The van der Waals surface area contributed by atoms with Gasteiger partial charge in [0, 0.05) is 13.2 Å². The van der Waals surface area contributed by atoms with Gasteiger partial charge in [-0.25, -0.2) is 13.4 Å². The molecule has 3 aromatic rings. The van der Waals surface area contributed by atoms with E-state index in [0.717, 1.165) is 34.2 Å². The van der Waals surface area contributed by atoms with Crippen molar-refractivity contribution in [2.75, 3.05) is 31.7 Å². The summed E-state index contributed by atoms with van der Waals surface area (Å²) in [4.78, 5) is 20.8. The Hall–Kier alpha value is -2.53. The number of carbonyl (C=O) groups is 1. The number of aryl methyl sites for hydroxylation is 2. The van der Waals surface area contributed by atoms with Crippen LogP contribution in [0.1, 0.15) is 36.8 Å². The van der Waals surface area contributed by atoms with E-state index in [4.69, 9.17) is 14.5 Å². The lowest BCUT2D eigenvalue weighted by Gasteiger charge is -2.29. The number of hydrogen-bond acceptors (Lipinski definition) is 7. The first-order chi connectivity index (χ1) is 17.3. The molecule has 5 rings (SSSR count). The summed E-state index contributed by atoms with van der Waals surface area (Å²) in [7, 11) is -2.32. The SMILES string of the molecule is COc1ccc(S(=O)(=O)N2CCCC2C(=O)N(CC2CCCO2)c2nc3c(C)ccc(C)c3s2)cc1. The van der Waals surface area contributed by atoms with Crippen molar-refractivity contribution in [3.05, 3.63) is 47.5 Å². The van der Waals surface area contributed by atoms with Crippen LogP contribution in [-0.4, -0.2) is 62.6 Å². The van der Waals surface area contributed by atoms with Crippen molar-refractivity contribution < 1.29 is 22.7 Å². The molecule has 10 heteroatoms. The molecule has 0 saturated carbocycles. The Kier molecular flexibility index (Phi) is 7.04. The van der Waals surface area contributed by atoms with Crippen LogP contribution in [0, 0.1) is 13.8 Å². The third kappa shape index (κ3) is 4.63. The number of anilines is 1. The van der Waals surface area contributed by atoms with Crippen LogP contribution in [0.25, 0.3) is 10.2 Å². The van der Waals surface area contributed by atoms with E-state index < -0.39 is 16.1 Å². The fourth-order valence-electron chi connectivity index (χ4n) is 4.96. The van der Waals surface area contributed by atoms with Crippen molar-refractivity contribution in [3.8, 4) is 5.75 Å². The van der Waals surface area contributed by atoms with Gasteiger partial charge in [0.25, 0.3) is 0 Å². The van der Waals surface area contributed by atoms with Crippen LogP contribution < -0.4 is 9.64 Å². The van der Waals surface area contributed by atoms with E-state index in [9.17, 15) is 13.2 Å². The first-order valence-electron chi connectivity index (χ1n) is 12.2. The van der Waals surface area contributed by atoms with Crippen molar-refractivity contribution in [1.29, 1.82) is 0 Å². The van der Waals surface area contributed by atoms with Crippen molar-refractivity contribution in [1.82, 2.24) is 9.29 Å². The standard InChI is InChI=1S/C26H31N3O5S2/c1-17-8-9-18(2)24-23(17)27-26(35-24)28(16-20-6-5-15-34-20)25(30)22-7-4-14-29(22)36(31,32)21-12-10-19(33-3)11-13-21/h8-13,20,22H,4-7,14-16H2,1-3H3. The maximum absolute atomic E-state index is 14.1. The van der Waals surface area contributed by atoms with E-state index >= 15 is 0 Å². The van der Waals surface area contributed by atoms with Gasteiger partial charge in [0.15, 0.2) is 5.13 Å². The Labute approximate surface area is 215 Å². The summed E-state index contributed by atoms with van der Waals surface area (Å²) in [6, 6.07) is 9.60. The van der Waals surface area contributed by atoms with Gasteiger partial charge in [-0.05, 0) is 74.9 Å². The quantitative estimate of drug-likeness (QED) is 0.454. The van der Waals surface area contributed by atoms with Gasteiger partial charge in [-0.3, -0.25) is 9.69 Å². The Morgan fingerprint density at radius 3 is 2.56 bits per heavy atom. The molecule has 2 unspecified atom stereocenters. The third-order valence-electron chi connectivity index (χ3n) is 6.99. The second kappa shape index (κ2) is 10.1. The van der Waals surface area contributed by atoms with Gasteiger partial charge in [-0.15, -0.1) is 0 Å². The van der Waals surface area contributed by atoms with E-state index in [1.54, 1.807) is 17.0 Å². The molecule has 2 aliphatic heterocycles. The number of benzene rings is 2. The van der Waals surface area contributed by atoms with Crippen LogP contribution in [0.4, 0.5) is 5.13 Å². The molecule has 2 atom stereocenters. The molecule has 2 saturated heterocycles. The number of hydrogen-bond donors (Lipinski definition) is 0. The van der Waals surface area contributed by atoms with Crippen molar-refractivity contribution in [2.24, 2.45) is 0 Å². The maximum Gasteiger partial charge on any atom is 0.247 e. The van der Waals surface area contributed by atoms with Crippen LogP contribution in [0.15, 0.2) is 41.3 Å². The zero-order chi connectivity index (χ0) is 25.4. The van der Waals surface area contributed by atoms with Crippen molar-refractivity contribution in [2.45, 2.75) is 56.6 Å². The summed E-state index contributed by atoms with van der Waals surface area (Å²) >= 11 is 1.48. The number of methoxy groups -OCH3 is 1. The lowest BCUT2D eigenvalue weighted by molar-refractivity contribution is -0.122. The maximum atomic E-state index is 14.1. The van der Waals surface area contributed by atoms with Gasteiger partial charge < -0.3 is 9.47 Å². The molecule has 8 nitrogen and oxygen atoms in total. The number of fused-ring (bicyclic) bond motifs is 1. The van der Waals surface area contributed by atoms with Crippen molar-refractivity contribution >= 4 is 42.6 Å². The van der Waals surface area contributed by atoms with Gasteiger partial charge in [0.05, 0.1) is 34.9 Å². The Bertz CT molecular complexity index is 1330. The normalized spacial score (nSPS) is 20.8. The largest absolute Gasteiger partial charge is 0.497 e. The lowest BCUT2D eigenvalue weighted by Crippen LogP contribution is -2.49. The predicted octanol–water partition coefficient (Wildman–Crippen LogP) is 4.29. The Morgan fingerprint density at radius 2 is 1.89 bits per heavy atom. The minimum absolute atomic E-state index is 0.0868. The zero-order valence-corrected chi connectivity index (χ0v) is 22.4. The zero-order valence-electron chi connectivity index (χ0n) is 20.8. The number of nitrogens with zero attached hydrogens (tertiary/aromatic N) is 3. The Morgan fingerprint density at radius 1 is 1.14 bits per heavy atom. The summed E-state index contributed by atoms with van der Waals surface area (Å²) in [6.45, 7) is 5.39. The lowest BCUT2D eigenvalue weighted by atomic mass is 10.1. The van der Waals surface area contributed by atoms with E-state index in [-0.39, 0.29) is 16.9 Å². The summed E-state index contributed by atoms with van der Waals surface area (Å²) < 4.78 is 40.5. The van der Waals surface area contributed by atoms with Crippen LogP contribution >= 0.6 is 11.3 Å². The van der Waals surface area contributed by atoms with Crippen LogP contribution in [-0.2, 0) is 19.6 Å². The highest BCUT2D eigenvalue weighted by Crippen LogP contribution is 2.36. The molecule has 0 bridgehead atoms. The molecule has 36 heavy (non-hydrogen) atoms. The number of thiazole rings is 1. The molecule has 1 amide bonds. The van der Waals surface area contributed by atoms with Crippen molar-refractivity contribution in [3.63, 3.8) is 0 Å². The average Bonchev–Trinajstić information content (AvgIpc) is 3.65. The highest BCUT2D eigenvalue weighted by molar-refractivity contribution is 7.89. The fourth-order valence-corrected chi connectivity index (χ4v) is 7.73. The monoisotopic (exact) mass is 529 g/mol. The molecule has 0 radical (unpaired) electrons.